The lowest BCUT2D eigenvalue weighted by molar-refractivity contribution is -0.118. The molecule has 3 N–H and O–H groups in total. The number of nitrogens with one attached hydrogen (secondary N) is 3. The van der Waals surface area contributed by atoms with Gasteiger partial charge < -0.3 is 20.7 Å². The molecule has 0 aliphatic heterocycles. The standard InChI is InChI=1S/C14H21N3O3/c1-15-13(18)10-17-12-6-3-5-11(9-12)14(19)16-7-4-8-20-2/h3,5-6,9,17H,4,7-8,10H2,1-2H3,(H,15,18)(H,16,19). The Balaban J connectivity index is 2.49. The van der Waals surface area contributed by atoms with Crippen LogP contribution in [0.4, 0.5) is 5.69 Å². The highest BCUT2D eigenvalue weighted by molar-refractivity contribution is 5.95. The van der Waals surface area contributed by atoms with E-state index in [4.69, 9.17) is 4.74 Å². The molecule has 6 nitrogen and oxygen atoms in total. The molecule has 0 heterocycles. The molecule has 0 aromatic heterocycles. The number of likely N-dealkylation sites (N-methyl/N-ethyl adjacent to an activating group) is 1. The fraction of sp³-hybridized carbons (Fsp3) is 0.429. The minimum Gasteiger partial charge on any atom is -0.385 e. The summed E-state index contributed by atoms with van der Waals surface area (Å²) in [7, 11) is 3.21. The highest BCUT2D eigenvalue weighted by Crippen LogP contribution is 2.10. The first-order chi connectivity index (χ1) is 9.67. The zero-order valence-electron chi connectivity index (χ0n) is 11.9. The van der Waals surface area contributed by atoms with Crippen molar-refractivity contribution in [1.82, 2.24) is 10.6 Å². The summed E-state index contributed by atoms with van der Waals surface area (Å²) >= 11 is 0. The molecule has 0 aliphatic rings. The Kier molecular flexibility index (Phi) is 7.13. The van der Waals surface area contributed by atoms with Gasteiger partial charge in [-0.05, 0) is 24.6 Å². The van der Waals surface area contributed by atoms with E-state index in [1.165, 1.54) is 0 Å². The van der Waals surface area contributed by atoms with Crippen molar-refractivity contribution in [1.29, 1.82) is 0 Å². The number of anilines is 1. The summed E-state index contributed by atoms with van der Waals surface area (Å²) in [6.07, 6.45) is 0.775. The summed E-state index contributed by atoms with van der Waals surface area (Å²) < 4.78 is 4.91. The van der Waals surface area contributed by atoms with Crippen LogP contribution < -0.4 is 16.0 Å². The molecule has 0 spiro atoms. The summed E-state index contributed by atoms with van der Waals surface area (Å²) in [5.74, 6) is -0.246. The fourth-order valence-electron chi connectivity index (χ4n) is 1.56. The van der Waals surface area contributed by atoms with E-state index >= 15 is 0 Å². The summed E-state index contributed by atoms with van der Waals surface area (Å²) in [6.45, 7) is 1.37. The van der Waals surface area contributed by atoms with E-state index in [0.29, 0.717) is 18.7 Å². The van der Waals surface area contributed by atoms with E-state index in [-0.39, 0.29) is 18.4 Å². The number of amides is 2. The van der Waals surface area contributed by atoms with Crippen molar-refractivity contribution in [3.8, 4) is 0 Å². The van der Waals surface area contributed by atoms with Gasteiger partial charge in [0.25, 0.3) is 5.91 Å². The number of methoxy groups -OCH3 is 1. The van der Waals surface area contributed by atoms with Crippen LogP contribution in [0, 0.1) is 0 Å². The van der Waals surface area contributed by atoms with E-state index in [0.717, 1.165) is 12.1 Å². The minimum atomic E-state index is -0.135. The summed E-state index contributed by atoms with van der Waals surface area (Å²) in [5.41, 5.74) is 1.29. The van der Waals surface area contributed by atoms with Crippen molar-refractivity contribution in [2.24, 2.45) is 0 Å². The van der Waals surface area contributed by atoms with Crippen LogP contribution in [0.1, 0.15) is 16.8 Å². The van der Waals surface area contributed by atoms with Crippen molar-refractivity contribution in [3.63, 3.8) is 0 Å². The first-order valence-corrected chi connectivity index (χ1v) is 6.49. The van der Waals surface area contributed by atoms with Gasteiger partial charge in [0.15, 0.2) is 0 Å². The van der Waals surface area contributed by atoms with E-state index in [2.05, 4.69) is 16.0 Å². The number of ether oxygens (including phenoxy) is 1. The molecule has 20 heavy (non-hydrogen) atoms. The SMILES string of the molecule is CNC(=O)CNc1cccc(C(=O)NCCCOC)c1. The second-order valence-electron chi connectivity index (χ2n) is 4.21. The minimum absolute atomic E-state index is 0.112. The van der Waals surface area contributed by atoms with Crippen molar-refractivity contribution in [2.75, 3.05) is 39.2 Å². The maximum Gasteiger partial charge on any atom is 0.251 e. The molecule has 0 aliphatic carbocycles. The van der Waals surface area contributed by atoms with Gasteiger partial charge in [-0.3, -0.25) is 9.59 Å². The van der Waals surface area contributed by atoms with Gasteiger partial charge in [0.1, 0.15) is 0 Å². The van der Waals surface area contributed by atoms with Gasteiger partial charge in [-0.1, -0.05) is 6.07 Å². The molecular formula is C14H21N3O3. The Morgan fingerprint density at radius 3 is 2.80 bits per heavy atom. The summed E-state index contributed by atoms with van der Waals surface area (Å²) in [5, 5.41) is 8.29. The molecule has 1 aromatic rings. The van der Waals surface area contributed by atoms with Crippen molar-refractivity contribution < 1.29 is 14.3 Å². The van der Waals surface area contributed by atoms with Crippen LogP contribution in [-0.2, 0) is 9.53 Å². The predicted molar refractivity (Wildman–Crippen MR) is 77.8 cm³/mol. The number of rotatable bonds is 8. The van der Waals surface area contributed by atoms with Crippen LogP contribution in [0.5, 0.6) is 0 Å². The Labute approximate surface area is 118 Å². The number of carbonyl (C=O) groups is 2. The van der Waals surface area contributed by atoms with Crippen LogP contribution >= 0.6 is 0 Å². The maximum absolute atomic E-state index is 11.9. The lowest BCUT2D eigenvalue weighted by Gasteiger charge is -2.08. The van der Waals surface area contributed by atoms with Gasteiger partial charge in [0.2, 0.25) is 5.91 Å². The molecule has 0 saturated heterocycles. The summed E-state index contributed by atoms with van der Waals surface area (Å²) in [6, 6.07) is 7.03. The molecule has 110 valence electrons. The molecule has 0 fully saturated rings. The van der Waals surface area contributed by atoms with Crippen LogP contribution in [0.2, 0.25) is 0 Å². The van der Waals surface area contributed by atoms with E-state index < -0.39 is 0 Å². The molecular weight excluding hydrogens is 258 g/mol. The lowest BCUT2D eigenvalue weighted by Crippen LogP contribution is -2.27. The third-order valence-corrected chi connectivity index (χ3v) is 2.67. The lowest BCUT2D eigenvalue weighted by atomic mass is 10.2. The molecule has 1 rings (SSSR count). The van der Waals surface area contributed by atoms with Gasteiger partial charge >= 0.3 is 0 Å². The number of carbonyl (C=O) groups excluding carboxylic acids is 2. The first-order valence-electron chi connectivity index (χ1n) is 6.49. The molecule has 0 bridgehead atoms. The molecule has 0 saturated carbocycles. The van der Waals surface area contributed by atoms with E-state index in [9.17, 15) is 9.59 Å². The molecule has 0 atom stereocenters. The van der Waals surface area contributed by atoms with Crippen LogP contribution in [0.3, 0.4) is 0 Å². The Hall–Kier alpha value is -2.08. The number of benzene rings is 1. The molecule has 1 aromatic carbocycles. The predicted octanol–water partition coefficient (Wildman–Crippen LogP) is 0.611. The Bertz CT molecular complexity index is 449. The summed E-state index contributed by atoms with van der Waals surface area (Å²) in [4.78, 5) is 23.0. The Morgan fingerprint density at radius 1 is 1.30 bits per heavy atom. The molecule has 0 unspecified atom stereocenters. The average Bonchev–Trinajstić information content (AvgIpc) is 2.49. The first kappa shape index (κ1) is 16.0. The number of hydrogen-bond donors (Lipinski definition) is 3. The number of hydrogen-bond acceptors (Lipinski definition) is 4. The van der Waals surface area contributed by atoms with E-state index in [1.807, 2.05) is 6.07 Å². The van der Waals surface area contributed by atoms with Crippen molar-refractivity contribution >= 4 is 17.5 Å². The highest BCUT2D eigenvalue weighted by atomic mass is 16.5. The highest BCUT2D eigenvalue weighted by Gasteiger charge is 2.06. The van der Waals surface area contributed by atoms with Crippen molar-refractivity contribution in [2.45, 2.75) is 6.42 Å². The van der Waals surface area contributed by atoms with E-state index in [1.54, 1.807) is 32.4 Å². The molecule has 6 heteroatoms. The van der Waals surface area contributed by atoms with Gasteiger partial charge in [0, 0.05) is 38.6 Å². The van der Waals surface area contributed by atoms with Gasteiger partial charge in [-0.2, -0.15) is 0 Å². The largest absolute Gasteiger partial charge is 0.385 e. The normalized spacial score (nSPS) is 9.90. The third kappa shape index (κ3) is 5.71. The zero-order chi connectivity index (χ0) is 14.8. The van der Waals surface area contributed by atoms with Gasteiger partial charge in [0.05, 0.1) is 6.54 Å². The van der Waals surface area contributed by atoms with Crippen LogP contribution in [-0.4, -0.2) is 45.7 Å². The second kappa shape index (κ2) is 8.92. The molecule has 2 amide bonds. The zero-order valence-corrected chi connectivity index (χ0v) is 11.9. The van der Waals surface area contributed by atoms with Crippen LogP contribution in [0.25, 0.3) is 0 Å². The van der Waals surface area contributed by atoms with Gasteiger partial charge in [-0.15, -0.1) is 0 Å². The topological polar surface area (TPSA) is 79.5 Å². The maximum atomic E-state index is 11.9. The van der Waals surface area contributed by atoms with Crippen molar-refractivity contribution in [3.05, 3.63) is 29.8 Å². The fourth-order valence-corrected chi connectivity index (χ4v) is 1.56. The monoisotopic (exact) mass is 279 g/mol. The van der Waals surface area contributed by atoms with Crippen LogP contribution in [0.15, 0.2) is 24.3 Å². The average molecular weight is 279 g/mol. The van der Waals surface area contributed by atoms with Gasteiger partial charge in [-0.25, -0.2) is 0 Å². The quantitative estimate of drug-likeness (QED) is 0.609. The third-order valence-electron chi connectivity index (χ3n) is 2.67. The second-order valence-corrected chi connectivity index (χ2v) is 4.21. The molecule has 0 radical (unpaired) electrons. The smallest absolute Gasteiger partial charge is 0.251 e. The Morgan fingerprint density at radius 2 is 2.10 bits per heavy atom.